The summed E-state index contributed by atoms with van der Waals surface area (Å²) in [6.07, 6.45) is 2.85. The van der Waals surface area contributed by atoms with Gasteiger partial charge in [-0.2, -0.15) is 30.7 Å². The zero-order chi connectivity index (χ0) is 15.7. The van der Waals surface area contributed by atoms with Crippen molar-refractivity contribution < 1.29 is 30.3 Å². The Morgan fingerprint density at radius 1 is 1.24 bits per heavy atom. The predicted molar refractivity (Wildman–Crippen MR) is 66.8 cm³/mol. The van der Waals surface area contributed by atoms with Gasteiger partial charge >= 0.3 is 21.6 Å². The van der Waals surface area contributed by atoms with Gasteiger partial charge in [-0.3, -0.25) is 0 Å². The number of imidazole rings is 1. The number of alkyl halides is 3. The van der Waals surface area contributed by atoms with Gasteiger partial charge in [-0.15, -0.1) is 0 Å². The molecule has 0 spiro atoms. The lowest BCUT2D eigenvalue weighted by atomic mass is 10.2. The highest BCUT2D eigenvalue weighted by Crippen LogP contribution is 2.25. The van der Waals surface area contributed by atoms with Gasteiger partial charge in [0.15, 0.2) is 0 Å². The van der Waals surface area contributed by atoms with Gasteiger partial charge in [0.2, 0.25) is 0 Å². The molecule has 2 aromatic rings. The van der Waals surface area contributed by atoms with Gasteiger partial charge in [0.1, 0.15) is 18.9 Å². The summed E-state index contributed by atoms with van der Waals surface area (Å²) in [6.45, 7) is 0.185. The lowest BCUT2D eigenvalue weighted by Gasteiger charge is -2.08. The van der Waals surface area contributed by atoms with E-state index in [-0.39, 0.29) is 6.54 Å². The Morgan fingerprint density at radius 2 is 1.86 bits per heavy atom. The summed E-state index contributed by atoms with van der Waals surface area (Å²) >= 11 is 0. The van der Waals surface area contributed by atoms with Crippen molar-refractivity contribution in [3.8, 4) is 6.01 Å². The molecule has 0 unspecified atom stereocenters. The fourth-order valence-corrected chi connectivity index (χ4v) is 2.17. The molecule has 0 atom stereocenters. The first-order chi connectivity index (χ1) is 9.71. The summed E-state index contributed by atoms with van der Waals surface area (Å²) in [7, 11) is -4.31. The number of aryl methyl sites for hydroxylation is 1. The lowest BCUT2D eigenvalue weighted by Crippen LogP contribution is -2.36. The highest BCUT2D eigenvalue weighted by Gasteiger charge is 2.50. The molecule has 0 aliphatic rings. The minimum absolute atomic E-state index is 0.185. The number of benzene rings is 1. The van der Waals surface area contributed by atoms with E-state index in [1.165, 1.54) is 24.0 Å². The standard InChI is InChI=1S/C12H12F3N2O3S/c1-16-7-8-17(9-10-5-3-2-4-6-10)11(16)20-21(18,19)12(13,14)15/h2-8H,9H2,1H3/q+1. The maximum absolute atomic E-state index is 12.4. The molecular formula is C12H12F3N2O3S+. The van der Waals surface area contributed by atoms with Gasteiger partial charge in [-0.05, 0) is 5.56 Å². The second-order valence-electron chi connectivity index (χ2n) is 4.29. The Kier molecular flexibility index (Phi) is 3.95. The number of halogens is 3. The average Bonchev–Trinajstić information content (AvgIpc) is 2.71. The maximum atomic E-state index is 12.4. The number of hydrogen-bond donors (Lipinski definition) is 0. The van der Waals surface area contributed by atoms with E-state index >= 15 is 0 Å². The molecule has 2 rings (SSSR count). The van der Waals surface area contributed by atoms with E-state index in [0.29, 0.717) is 0 Å². The van der Waals surface area contributed by atoms with Crippen molar-refractivity contribution >= 4 is 10.1 Å². The molecule has 0 aliphatic heterocycles. The second-order valence-corrected chi connectivity index (χ2v) is 5.83. The third-order valence-electron chi connectivity index (χ3n) is 2.68. The van der Waals surface area contributed by atoms with Crippen LogP contribution in [-0.4, -0.2) is 18.5 Å². The van der Waals surface area contributed by atoms with Gasteiger partial charge in [-0.1, -0.05) is 30.3 Å². The molecule has 9 heteroatoms. The Hall–Kier alpha value is -2.03. The van der Waals surface area contributed by atoms with Crippen LogP contribution in [0.1, 0.15) is 5.56 Å². The molecule has 0 saturated carbocycles. The van der Waals surface area contributed by atoms with E-state index in [0.717, 1.165) is 10.1 Å². The normalized spacial score (nSPS) is 12.4. The third kappa shape index (κ3) is 3.35. The van der Waals surface area contributed by atoms with Crippen LogP contribution in [0, 0.1) is 0 Å². The van der Waals surface area contributed by atoms with E-state index in [9.17, 15) is 21.6 Å². The fraction of sp³-hybridized carbons (Fsp3) is 0.250. The first-order valence-corrected chi connectivity index (χ1v) is 7.21. The first-order valence-electron chi connectivity index (χ1n) is 5.80. The van der Waals surface area contributed by atoms with Crippen LogP contribution in [0.2, 0.25) is 0 Å². The highest BCUT2D eigenvalue weighted by atomic mass is 32.2. The Labute approximate surface area is 119 Å². The SMILES string of the molecule is C[n+]1ccn(Cc2ccccc2)c1OS(=O)(=O)C(F)(F)F. The monoisotopic (exact) mass is 321 g/mol. The number of hydrogen-bond acceptors (Lipinski definition) is 3. The molecule has 21 heavy (non-hydrogen) atoms. The summed E-state index contributed by atoms with van der Waals surface area (Å²) in [5.41, 5.74) is -4.68. The third-order valence-corrected chi connectivity index (χ3v) is 3.62. The van der Waals surface area contributed by atoms with Gasteiger partial charge in [0, 0.05) is 0 Å². The van der Waals surface area contributed by atoms with E-state index in [2.05, 4.69) is 4.18 Å². The minimum Gasteiger partial charge on any atom is -0.302 e. The van der Waals surface area contributed by atoms with E-state index in [1.807, 2.05) is 0 Å². The van der Waals surface area contributed by atoms with Crippen LogP contribution in [0.3, 0.4) is 0 Å². The molecule has 0 radical (unpaired) electrons. The van der Waals surface area contributed by atoms with Crippen LogP contribution in [0.4, 0.5) is 13.2 Å². The van der Waals surface area contributed by atoms with Crippen LogP contribution < -0.4 is 8.75 Å². The molecule has 1 heterocycles. The number of nitrogens with zero attached hydrogens (tertiary/aromatic N) is 2. The van der Waals surface area contributed by atoms with Crippen molar-refractivity contribution in [1.82, 2.24) is 4.57 Å². The predicted octanol–water partition coefficient (Wildman–Crippen LogP) is 1.59. The van der Waals surface area contributed by atoms with Crippen molar-refractivity contribution in [2.75, 3.05) is 0 Å². The Balaban J connectivity index is 2.32. The van der Waals surface area contributed by atoms with Crippen LogP contribution in [0.5, 0.6) is 6.01 Å². The van der Waals surface area contributed by atoms with E-state index in [4.69, 9.17) is 0 Å². The zero-order valence-electron chi connectivity index (χ0n) is 10.9. The summed E-state index contributed by atoms with van der Waals surface area (Å²) in [4.78, 5) is 0. The largest absolute Gasteiger partial charge is 0.534 e. The molecule has 1 aromatic heterocycles. The summed E-state index contributed by atoms with van der Waals surface area (Å²) in [6, 6.07) is 8.45. The lowest BCUT2D eigenvalue weighted by molar-refractivity contribution is -0.674. The van der Waals surface area contributed by atoms with Crippen LogP contribution in [0.15, 0.2) is 42.7 Å². The van der Waals surface area contributed by atoms with Crippen LogP contribution in [-0.2, 0) is 23.7 Å². The van der Waals surface area contributed by atoms with E-state index < -0.39 is 21.6 Å². The maximum Gasteiger partial charge on any atom is 0.534 e. The summed E-state index contributed by atoms with van der Waals surface area (Å²) in [5, 5.41) is 0. The van der Waals surface area contributed by atoms with Gasteiger partial charge < -0.3 is 4.18 Å². The summed E-state index contributed by atoms with van der Waals surface area (Å²) in [5.74, 6) is 0. The van der Waals surface area contributed by atoms with Crippen molar-refractivity contribution in [2.45, 2.75) is 12.1 Å². The Bertz CT molecular complexity index is 724. The van der Waals surface area contributed by atoms with Crippen LogP contribution in [0.25, 0.3) is 0 Å². The average molecular weight is 321 g/mol. The van der Waals surface area contributed by atoms with Crippen molar-refractivity contribution in [3.05, 3.63) is 48.3 Å². The second kappa shape index (κ2) is 5.40. The molecule has 0 fully saturated rings. The smallest absolute Gasteiger partial charge is 0.302 e. The Morgan fingerprint density at radius 3 is 2.43 bits per heavy atom. The molecule has 0 amide bonds. The van der Waals surface area contributed by atoms with Crippen molar-refractivity contribution in [1.29, 1.82) is 0 Å². The number of rotatable bonds is 4. The molecular weight excluding hydrogens is 309 g/mol. The topological polar surface area (TPSA) is 52.2 Å². The quantitative estimate of drug-likeness (QED) is 0.488. The van der Waals surface area contributed by atoms with Gasteiger partial charge in [0.25, 0.3) is 0 Å². The van der Waals surface area contributed by atoms with E-state index in [1.54, 1.807) is 30.3 Å². The van der Waals surface area contributed by atoms with Crippen molar-refractivity contribution in [3.63, 3.8) is 0 Å². The van der Waals surface area contributed by atoms with Crippen molar-refractivity contribution in [2.24, 2.45) is 7.05 Å². The molecule has 0 saturated heterocycles. The molecule has 0 aliphatic carbocycles. The molecule has 0 N–H and O–H groups in total. The molecule has 5 nitrogen and oxygen atoms in total. The van der Waals surface area contributed by atoms with Crippen LogP contribution >= 0.6 is 0 Å². The van der Waals surface area contributed by atoms with Gasteiger partial charge in [0.05, 0.1) is 7.05 Å². The number of aromatic nitrogens is 2. The highest BCUT2D eigenvalue weighted by molar-refractivity contribution is 7.87. The summed E-state index contributed by atoms with van der Waals surface area (Å²) < 4.78 is 66.0. The molecule has 114 valence electrons. The zero-order valence-corrected chi connectivity index (χ0v) is 11.7. The molecule has 0 bridgehead atoms. The van der Waals surface area contributed by atoms with Gasteiger partial charge in [-0.25, -0.2) is 0 Å². The first kappa shape index (κ1) is 15.4. The fourth-order valence-electron chi connectivity index (χ4n) is 1.66. The minimum atomic E-state index is -5.70. The molecule has 1 aromatic carbocycles.